The van der Waals surface area contributed by atoms with Crippen molar-refractivity contribution in [2.75, 3.05) is 19.4 Å². The molecule has 0 radical (unpaired) electrons. The maximum Gasteiger partial charge on any atom is 0.337 e. The minimum atomic E-state index is -3.82. The Kier molecular flexibility index (Phi) is 6.01. The summed E-state index contributed by atoms with van der Waals surface area (Å²) in [4.78, 5) is 23.5. The third kappa shape index (κ3) is 4.40. The van der Waals surface area contributed by atoms with Gasteiger partial charge in [-0.15, -0.1) is 0 Å². The number of carboxylic acid groups (broad SMARTS) is 1. The normalized spacial score (nSPS) is 11.0. The molecule has 11 heteroatoms. The monoisotopic (exact) mass is 416 g/mol. The van der Waals surface area contributed by atoms with Crippen molar-refractivity contribution in [1.82, 2.24) is 4.31 Å². The van der Waals surface area contributed by atoms with Gasteiger partial charge in [-0.2, -0.15) is 5.26 Å². The van der Waals surface area contributed by atoms with Gasteiger partial charge in [0, 0.05) is 25.7 Å². The Balaban J connectivity index is 2.34. The van der Waals surface area contributed by atoms with Gasteiger partial charge in [0.15, 0.2) is 0 Å². The van der Waals surface area contributed by atoms with E-state index in [4.69, 9.17) is 10.7 Å². The fraction of sp³-hybridized carbons (Fsp3) is 0.111. The highest BCUT2D eigenvalue weighted by atomic mass is 32.2. The lowest BCUT2D eigenvalue weighted by atomic mass is 10.1. The molecule has 0 fully saturated rings. The first kappa shape index (κ1) is 21.5. The Morgan fingerprint density at radius 2 is 1.79 bits per heavy atom. The van der Waals surface area contributed by atoms with Crippen molar-refractivity contribution in [3.8, 4) is 11.8 Å². The predicted octanol–water partition coefficient (Wildman–Crippen LogP) is 1.22. The first-order valence-electron chi connectivity index (χ1n) is 7.92. The molecule has 0 aliphatic rings. The minimum absolute atomic E-state index is 0.0748. The average Bonchev–Trinajstić information content (AvgIpc) is 2.67. The van der Waals surface area contributed by atoms with E-state index in [9.17, 15) is 28.2 Å². The molecular formula is C18H16N4O6S. The molecule has 2 aromatic rings. The number of amides is 1. The summed E-state index contributed by atoms with van der Waals surface area (Å²) in [6, 6.07) is 8.50. The van der Waals surface area contributed by atoms with Gasteiger partial charge in [-0.25, -0.2) is 17.5 Å². The van der Waals surface area contributed by atoms with E-state index in [1.807, 2.05) is 0 Å². The molecule has 0 saturated heterocycles. The molecule has 2 rings (SSSR count). The summed E-state index contributed by atoms with van der Waals surface area (Å²) < 4.78 is 25.1. The fourth-order valence-corrected chi connectivity index (χ4v) is 3.22. The molecule has 1 amide bonds. The quantitative estimate of drug-likeness (QED) is 0.512. The van der Waals surface area contributed by atoms with Crippen LogP contribution in [0.3, 0.4) is 0 Å². The maximum absolute atomic E-state index is 12.4. The topological polar surface area (TPSA) is 172 Å². The van der Waals surface area contributed by atoms with Gasteiger partial charge >= 0.3 is 5.97 Å². The van der Waals surface area contributed by atoms with E-state index in [-0.39, 0.29) is 27.3 Å². The van der Waals surface area contributed by atoms with Gasteiger partial charge in [-0.05, 0) is 30.3 Å². The molecule has 0 saturated carbocycles. The standard InChI is InChI=1S/C18H16N4O6S/c1-22(2)29(27,28)11-4-5-12(15(23)8-11)16(20)17(24)21-14-6-3-10(9-19)7-13(14)18(25)26/h3-8,20,23H,1-2H3,(H,21,24)(H,25,26). The van der Waals surface area contributed by atoms with Gasteiger partial charge in [0.2, 0.25) is 10.0 Å². The molecule has 0 bridgehead atoms. The van der Waals surface area contributed by atoms with Crippen molar-refractivity contribution in [2.45, 2.75) is 4.90 Å². The zero-order valence-electron chi connectivity index (χ0n) is 15.3. The van der Waals surface area contributed by atoms with Crippen LogP contribution in [-0.4, -0.2) is 54.6 Å². The van der Waals surface area contributed by atoms with Crippen molar-refractivity contribution in [1.29, 1.82) is 10.7 Å². The second-order valence-electron chi connectivity index (χ2n) is 5.97. The van der Waals surface area contributed by atoms with Crippen LogP contribution < -0.4 is 5.32 Å². The number of hydrogen-bond acceptors (Lipinski definition) is 7. The molecule has 0 heterocycles. The van der Waals surface area contributed by atoms with Gasteiger partial charge in [0.25, 0.3) is 5.91 Å². The lowest BCUT2D eigenvalue weighted by Crippen LogP contribution is -2.25. The Morgan fingerprint density at radius 1 is 1.14 bits per heavy atom. The number of nitrogens with one attached hydrogen (secondary N) is 2. The zero-order chi connectivity index (χ0) is 21.9. The Hall–Kier alpha value is -3.75. The summed E-state index contributed by atoms with van der Waals surface area (Å²) in [5.74, 6) is -3.02. The maximum atomic E-state index is 12.4. The molecule has 10 nitrogen and oxygen atoms in total. The number of aromatic hydroxyl groups is 1. The minimum Gasteiger partial charge on any atom is -0.507 e. The van der Waals surface area contributed by atoms with Crippen LogP contribution in [0.5, 0.6) is 5.75 Å². The van der Waals surface area contributed by atoms with E-state index >= 15 is 0 Å². The number of carbonyl (C=O) groups is 2. The van der Waals surface area contributed by atoms with Crippen LogP contribution in [0.25, 0.3) is 0 Å². The number of hydrogen-bond donors (Lipinski definition) is 4. The Morgan fingerprint density at radius 3 is 2.31 bits per heavy atom. The number of nitriles is 1. The zero-order valence-corrected chi connectivity index (χ0v) is 16.1. The van der Waals surface area contributed by atoms with Gasteiger partial charge in [-0.3, -0.25) is 10.2 Å². The molecule has 0 aromatic heterocycles. The molecule has 29 heavy (non-hydrogen) atoms. The number of nitrogens with zero attached hydrogens (tertiary/aromatic N) is 2. The first-order chi connectivity index (χ1) is 13.5. The lowest BCUT2D eigenvalue weighted by molar-refractivity contribution is -0.110. The van der Waals surface area contributed by atoms with Gasteiger partial charge in [0.1, 0.15) is 11.5 Å². The summed E-state index contributed by atoms with van der Waals surface area (Å²) in [6.45, 7) is 0. The molecule has 0 atom stereocenters. The number of carboxylic acids is 1. The third-order valence-electron chi connectivity index (χ3n) is 3.87. The molecule has 2 aromatic carbocycles. The average molecular weight is 416 g/mol. The lowest BCUT2D eigenvalue weighted by Gasteiger charge is -2.13. The fourth-order valence-electron chi connectivity index (χ4n) is 2.30. The highest BCUT2D eigenvalue weighted by Gasteiger charge is 2.23. The summed E-state index contributed by atoms with van der Waals surface area (Å²) in [7, 11) is -1.20. The summed E-state index contributed by atoms with van der Waals surface area (Å²) >= 11 is 0. The van der Waals surface area contributed by atoms with Crippen LogP contribution in [0.4, 0.5) is 5.69 Å². The van der Waals surface area contributed by atoms with Crippen LogP contribution in [0, 0.1) is 16.7 Å². The van der Waals surface area contributed by atoms with E-state index in [0.717, 1.165) is 28.6 Å². The summed E-state index contributed by atoms with van der Waals surface area (Å²) in [5.41, 5.74) is -1.37. The summed E-state index contributed by atoms with van der Waals surface area (Å²) in [5, 5.41) is 38.4. The van der Waals surface area contributed by atoms with E-state index < -0.39 is 33.4 Å². The van der Waals surface area contributed by atoms with Crippen LogP contribution in [0.1, 0.15) is 21.5 Å². The first-order valence-corrected chi connectivity index (χ1v) is 9.36. The number of phenolic OH excluding ortho intramolecular Hbond substituents is 1. The van der Waals surface area contributed by atoms with Crippen LogP contribution in [0.2, 0.25) is 0 Å². The molecule has 0 spiro atoms. The molecule has 0 unspecified atom stereocenters. The van der Waals surface area contributed by atoms with E-state index in [0.29, 0.717) is 0 Å². The van der Waals surface area contributed by atoms with Crippen molar-refractivity contribution < 1.29 is 28.2 Å². The molecular weight excluding hydrogens is 400 g/mol. The molecule has 0 aliphatic carbocycles. The third-order valence-corrected chi connectivity index (χ3v) is 5.68. The van der Waals surface area contributed by atoms with Gasteiger partial charge in [0.05, 0.1) is 27.8 Å². The van der Waals surface area contributed by atoms with Crippen molar-refractivity contribution in [3.05, 3.63) is 53.1 Å². The second kappa shape index (κ2) is 8.09. The van der Waals surface area contributed by atoms with E-state index in [1.165, 1.54) is 26.2 Å². The number of sulfonamides is 1. The van der Waals surface area contributed by atoms with Gasteiger partial charge in [-0.1, -0.05) is 0 Å². The van der Waals surface area contributed by atoms with Crippen LogP contribution in [0.15, 0.2) is 41.3 Å². The van der Waals surface area contributed by atoms with Crippen molar-refractivity contribution >= 4 is 33.3 Å². The Bertz CT molecular complexity index is 1170. The molecule has 0 aliphatic heterocycles. The number of benzene rings is 2. The highest BCUT2D eigenvalue weighted by Crippen LogP contribution is 2.25. The van der Waals surface area contributed by atoms with E-state index in [2.05, 4.69) is 5.32 Å². The number of carbonyl (C=O) groups excluding carboxylic acids is 1. The number of aromatic carboxylic acids is 1. The van der Waals surface area contributed by atoms with Crippen molar-refractivity contribution in [3.63, 3.8) is 0 Å². The van der Waals surface area contributed by atoms with E-state index in [1.54, 1.807) is 6.07 Å². The SMILES string of the molecule is CN(C)S(=O)(=O)c1ccc(C(=N)C(=O)Nc2ccc(C#N)cc2C(=O)O)c(O)c1. The molecule has 4 N–H and O–H groups in total. The van der Waals surface area contributed by atoms with Crippen molar-refractivity contribution in [2.24, 2.45) is 0 Å². The summed E-state index contributed by atoms with van der Waals surface area (Å²) in [6.07, 6.45) is 0. The molecule has 150 valence electrons. The van der Waals surface area contributed by atoms with Crippen LogP contribution in [-0.2, 0) is 14.8 Å². The van der Waals surface area contributed by atoms with Crippen LogP contribution >= 0.6 is 0 Å². The number of phenols is 1. The second-order valence-corrected chi connectivity index (χ2v) is 8.12. The van der Waals surface area contributed by atoms with Gasteiger partial charge < -0.3 is 15.5 Å². The highest BCUT2D eigenvalue weighted by molar-refractivity contribution is 7.89. The number of anilines is 1. The number of rotatable bonds is 6. The smallest absolute Gasteiger partial charge is 0.337 e. The predicted molar refractivity (Wildman–Crippen MR) is 103 cm³/mol. The Labute approximate surface area is 166 Å². The largest absolute Gasteiger partial charge is 0.507 e.